The highest BCUT2D eigenvalue weighted by atomic mass is 35.5. The molecule has 1 rings (SSSR count). The van der Waals surface area contributed by atoms with Crippen LogP contribution in [0.4, 0.5) is 0 Å². The third-order valence-electron chi connectivity index (χ3n) is 1.94. The molecule has 0 aliphatic rings. The van der Waals surface area contributed by atoms with E-state index in [1.807, 2.05) is 0 Å². The van der Waals surface area contributed by atoms with Crippen LogP contribution in [0.5, 0.6) is 5.75 Å². The minimum atomic E-state index is -0.329. The molecule has 0 fully saturated rings. The molecule has 0 saturated carbocycles. The second-order valence-electron chi connectivity index (χ2n) is 3.13. The molecule has 3 nitrogen and oxygen atoms in total. The van der Waals surface area contributed by atoms with Crippen molar-refractivity contribution in [2.24, 2.45) is 0 Å². The average Bonchev–Trinajstić information content (AvgIpc) is 2.31. The highest BCUT2D eigenvalue weighted by Crippen LogP contribution is 2.21. The van der Waals surface area contributed by atoms with Crippen molar-refractivity contribution in [3.8, 4) is 17.6 Å². The molecule has 1 aromatic rings. The van der Waals surface area contributed by atoms with Gasteiger partial charge in [-0.1, -0.05) is 23.4 Å². The Morgan fingerprint density at radius 1 is 1.47 bits per heavy atom. The Morgan fingerprint density at radius 2 is 2.24 bits per heavy atom. The molecule has 90 valence electrons. The van der Waals surface area contributed by atoms with Crippen LogP contribution in [-0.2, 0) is 9.53 Å². The Kier molecular flexibility index (Phi) is 5.38. The van der Waals surface area contributed by atoms with E-state index < -0.39 is 0 Å². The van der Waals surface area contributed by atoms with E-state index in [9.17, 15) is 4.79 Å². The van der Waals surface area contributed by atoms with Crippen molar-refractivity contribution < 1.29 is 14.3 Å². The molecule has 0 aliphatic heterocycles. The average molecular weight is 253 g/mol. The van der Waals surface area contributed by atoms with E-state index in [2.05, 4.69) is 11.8 Å². The summed E-state index contributed by atoms with van der Waals surface area (Å²) in [7, 11) is 1.57. The van der Waals surface area contributed by atoms with E-state index >= 15 is 0 Å². The van der Waals surface area contributed by atoms with Crippen molar-refractivity contribution in [1.82, 2.24) is 0 Å². The van der Waals surface area contributed by atoms with Gasteiger partial charge in [0, 0.05) is 5.56 Å². The van der Waals surface area contributed by atoms with Crippen LogP contribution in [0.25, 0.3) is 0 Å². The quantitative estimate of drug-likeness (QED) is 0.613. The van der Waals surface area contributed by atoms with E-state index in [1.54, 1.807) is 32.2 Å². The van der Waals surface area contributed by atoms with Crippen LogP contribution in [0.1, 0.15) is 18.9 Å². The Morgan fingerprint density at radius 3 is 2.82 bits per heavy atom. The van der Waals surface area contributed by atoms with Gasteiger partial charge >= 0.3 is 5.97 Å². The fraction of sp³-hybridized carbons (Fsp3) is 0.308. The molecule has 0 aromatic heterocycles. The number of halogens is 1. The molecule has 0 atom stereocenters. The van der Waals surface area contributed by atoms with Crippen LogP contribution in [0, 0.1) is 11.8 Å². The summed E-state index contributed by atoms with van der Waals surface area (Å²) in [5, 5.41) is 0.501. The van der Waals surface area contributed by atoms with E-state index in [4.69, 9.17) is 21.1 Å². The van der Waals surface area contributed by atoms with Crippen molar-refractivity contribution in [3.63, 3.8) is 0 Å². The minimum absolute atomic E-state index is 0.0657. The molecule has 0 saturated heterocycles. The molecule has 0 heterocycles. The first-order valence-electron chi connectivity index (χ1n) is 5.15. The Bertz CT molecular complexity index is 457. The van der Waals surface area contributed by atoms with Crippen molar-refractivity contribution in [2.45, 2.75) is 13.3 Å². The van der Waals surface area contributed by atoms with Gasteiger partial charge in [0.15, 0.2) is 0 Å². The lowest BCUT2D eigenvalue weighted by molar-refractivity contribution is -0.141. The molecular formula is C13H13ClO3. The summed E-state index contributed by atoms with van der Waals surface area (Å²) in [5.41, 5.74) is 0.664. The standard InChI is InChI=1S/C13H13ClO3/c1-3-17-13(15)6-4-5-10-7-8-11(16-2)9-12(10)14/h7-9H,3,6H2,1-2H3. The van der Waals surface area contributed by atoms with Gasteiger partial charge in [0.25, 0.3) is 0 Å². The van der Waals surface area contributed by atoms with Gasteiger partial charge in [-0.15, -0.1) is 0 Å². The number of methoxy groups -OCH3 is 1. The van der Waals surface area contributed by atoms with Crippen molar-refractivity contribution >= 4 is 17.6 Å². The zero-order valence-corrected chi connectivity index (χ0v) is 10.5. The lowest BCUT2D eigenvalue weighted by atomic mass is 10.2. The van der Waals surface area contributed by atoms with E-state index in [0.717, 1.165) is 0 Å². The van der Waals surface area contributed by atoms with Gasteiger partial charge in [-0.25, -0.2) is 0 Å². The summed E-state index contributed by atoms with van der Waals surface area (Å²) >= 11 is 5.99. The summed E-state index contributed by atoms with van der Waals surface area (Å²) in [6, 6.07) is 5.19. The summed E-state index contributed by atoms with van der Waals surface area (Å²) in [4.78, 5) is 11.0. The number of rotatable bonds is 3. The molecule has 17 heavy (non-hydrogen) atoms. The van der Waals surface area contributed by atoms with Gasteiger partial charge in [0.1, 0.15) is 12.2 Å². The van der Waals surface area contributed by atoms with Crippen molar-refractivity contribution in [3.05, 3.63) is 28.8 Å². The number of carbonyl (C=O) groups excluding carboxylic acids is 1. The second kappa shape index (κ2) is 6.82. The number of hydrogen-bond acceptors (Lipinski definition) is 3. The zero-order valence-electron chi connectivity index (χ0n) is 9.75. The number of hydrogen-bond donors (Lipinski definition) is 0. The molecule has 0 N–H and O–H groups in total. The van der Waals surface area contributed by atoms with E-state index in [-0.39, 0.29) is 12.4 Å². The predicted octanol–water partition coefficient (Wildman–Crippen LogP) is 2.65. The van der Waals surface area contributed by atoms with Crippen molar-refractivity contribution in [2.75, 3.05) is 13.7 Å². The first kappa shape index (κ1) is 13.4. The molecule has 0 unspecified atom stereocenters. The third-order valence-corrected chi connectivity index (χ3v) is 2.25. The largest absolute Gasteiger partial charge is 0.497 e. The van der Waals surface area contributed by atoms with Gasteiger partial charge in [-0.2, -0.15) is 0 Å². The van der Waals surface area contributed by atoms with Crippen molar-refractivity contribution in [1.29, 1.82) is 0 Å². The van der Waals surface area contributed by atoms with Gasteiger partial charge in [-0.05, 0) is 25.1 Å². The molecule has 0 radical (unpaired) electrons. The van der Waals surface area contributed by atoms with Crippen LogP contribution in [0.3, 0.4) is 0 Å². The summed E-state index contributed by atoms with van der Waals surface area (Å²) in [5.74, 6) is 5.87. The van der Waals surface area contributed by atoms with Crippen LogP contribution in [0.2, 0.25) is 5.02 Å². The fourth-order valence-corrected chi connectivity index (χ4v) is 1.37. The Hall–Kier alpha value is -1.66. The molecule has 0 bridgehead atoms. The maximum Gasteiger partial charge on any atom is 0.317 e. The molecular weight excluding hydrogens is 240 g/mol. The van der Waals surface area contributed by atoms with Crippen LogP contribution in [-0.4, -0.2) is 19.7 Å². The van der Waals surface area contributed by atoms with E-state index in [0.29, 0.717) is 22.9 Å². The van der Waals surface area contributed by atoms with Gasteiger partial charge < -0.3 is 9.47 Å². The summed E-state index contributed by atoms with van der Waals surface area (Å²) in [6.07, 6.45) is 0.0657. The molecule has 0 aliphatic carbocycles. The first-order chi connectivity index (χ1) is 8.17. The monoisotopic (exact) mass is 252 g/mol. The predicted molar refractivity (Wildman–Crippen MR) is 66.1 cm³/mol. The maximum atomic E-state index is 11.0. The minimum Gasteiger partial charge on any atom is -0.497 e. The lowest BCUT2D eigenvalue weighted by Crippen LogP contribution is -2.01. The number of esters is 1. The Balaban J connectivity index is 2.69. The smallest absolute Gasteiger partial charge is 0.317 e. The van der Waals surface area contributed by atoms with Gasteiger partial charge in [-0.3, -0.25) is 4.79 Å². The maximum absolute atomic E-state index is 11.0. The zero-order chi connectivity index (χ0) is 12.7. The molecule has 0 spiro atoms. The summed E-state index contributed by atoms with van der Waals surface area (Å²) < 4.78 is 9.77. The number of ether oxygens (including phenoxy) is 2. The van der Waals surface area contributed by atoms with Gasteiger partial charge in [0.2, 0.25) is 0 Å². The van der Waals surface area contributed by atoms with Gasteiger partial charge in [0.05, 0.1) is 18.7 Å². The third kappa shape index (κ3) is 4.38. The second-order valence-corrected chi connectivity index (χ2v) is 3.54. The summed E-state index contributed by atoms with van der Waals surface area (Å²) in [6.45, 7) is 2.12. The normalized spacial score (nSPS) is 9.12. The number of carbonyl (C=O) groups is 1. The first-order valence-corrected chi connectivity index (χ1v) is 5.53. The van der Waals surface area contributed by atoms with Crippen LogP contribution < -0.4 is 4.74 Å². The molecule has 0 amide bonds. The topological polar surface area (TPSA) is 35.5 Å². The molecule has 4 heteroatoms. The highest BCUT2D eigenvalue weighted by molar-refractivity contribution is 6.31. The van der Waals surface area contributed by atoms with E-state index in [1.165, 1.54) is 0 Å². The highest BCUT2D eigenvalue weighted by Gasteiger charge is 2.00. The number of benzene rings is 1. The Labute approximate surface area is 106 Å². The van der Waals surface area contributed by atoms with Crippen LogP contribution in [0.15, 0.2) is 18.2 Å². The fourth-order valence-electron chi connectivity index (χ4n) is 1.15. The SMILES string of the molecule is CCOC(=O)CC#Cc1ccc(OC)cc1Cl. The van der Waals surface area contributed by atoms with Crippen LogP contribution >= 0.6 is 11.6 Å². The lowest BCUT2D eigenvalue weighted by Gasteiger charge is -2.01. The molecule has 1 aromatic carbocycles.